The molecular formula is C14H12FNO3. The van der Waals surface area contributed by atoms with Crippen molar-refractivity contribution < 1.29 is 19.0 Å². The second-order valence-corrected chi connectivity index (χ2v) is 3.82. The van der Waals surface area contributed by atoms with Crippen molar-refractivity contribution in [1.82, 2.24) is 0 Å². The highest BCUT2D eigenvalue weighted by molar-refractivity contribution is 5.86. The third kappa shape index (κ3) is 3.45. The first-order valence-corrected chi connectivity index (χ1v) is 5.62. The van der Waals surface area contributed by atoms with Crippen molar-refractivity contribution in [3.8, 4) is 5.75 Å². The van der Waals surface area contributed by atoms with E-state index in [1.807, 2.05) is 18.2 Å². The molecule has 0 fully saturated rings. The van der Waals surface area contributed by atoms with Gasteiger partial charge in [0, 0.05) is 0 Å². The maximum atomic E-state index is 13.3. The normalized spacial score (nSPS) is 9.95. The maximum Gasteiger partial charge on any atom is 0.412 e. The van der Waals surface area contributed by atoms with Gasteiger partial charge in [-0.3, -0.25) is 5.32 Å². The van der Waals surface area contributed by atoms with Gasteiger partial charge in [0.05, 0.1) is 0 Å². The molecule has 0 heterocycles. The average Bonchev–Trinajstić information content (AvgIpc) is 2.42. The minimum Gasteiger partial charge on any atom is -0.506 e. The molecule has 1 amide bonds. The van der Waals surface area contributed by atoms with Crippen molar-refractivity contribution in [1.29, 1.82) is 0 Å². The van der Waals surface area contributed by atoms with Crippen LogP contribution in [0.1, 0.15) is 5.56 Å². The van der Waals surface area contributed by atoms with Crippen molar-refractivity contribution in [3.63, 3.8) is 0 Å². The zero-order valence-electron chi connectivity index (χ0n) is 9.97. The summed E-state index contributed by atoms with van der Waals surface area (Å²) >= 11 is 0. The molecule has 0 aliphatic carbocycles. The number of benzene rings is 2. The summed E-state index contributed by atoms with van der Waals surface area (Å²) in [5.74, 6) is -1.08. The number of nitrogens with one attached hydrogen (secondary N) is 1. The largest absolute Gasteiger partial charge is 0.506 e. The van der Waals surface area contributed by atoms with Gasteiger partial charge in [0.25, 0.3) is 0 Å². The standard InChI is InChI=1S/C14H12FNO3/c15-11-7-4-8-12(17)13(11)16-14(18)19-9-10-5-2-1-3-6-10/h1-8,17H,9H2,(H,16,18). The van der Waals surface area contributed by atoms with Gasteiger partial charge in [-0.2, -0.15) is 0 Å². The first-order chi connectivity index (χ1) is 9.16. The molecular weight excluding hydrogens is 249 g/mol. The van der Waals surface area contributed by atoms with Crippen LogP contribution in [0.15, 0.2) is 48.5 Å². The van der Waals surface area contributed by atoms with Crippen molar-refractivity contribution in [3.05, 3.63) is 59.9 Å². The number of carbonyl (C=O) groups excluding carboxylic acids is 1. The molecule has 0 aliphatic heterocycles. The zero-order valence-corrected chi connectivity index (χ0v) is 9.97. The summed E-state index contributed by atoms with van der Waals surface area (Å²) in [6.07, 6.45) is -0.829. The smallest absolute Gasteiger partial charge is 0.412 e. The number of amides is 1. The Balaban J connectivity index is 1.95. The van der Waals surface area contributed by atoms with Gasteiger partial charge in [0.2, 0.25) is 0 Å². The van der Waals surface area contributed by atoms with Gasteiger partial charge in [-0.25, -0.2) is 9.18 Å². The van der Waals surface area contributed by atoms with Gasteiger partial charge >= 0.3 is 6.09 Å². The van der Waals surface area contributed by atoms with E-state index in [2.05, 4.69) is 5.32 Å². The predicted octanol–water partition coefficient (Wildman–Crippen LogP) is 3.28. The number of phenols is 1. The number of carbonyl (C=O) groups is 1. The molecule has 0 saturated heterocycles. The third-order valence-electron chi connectivity index (χ3n) is 2.43. The monoisotopic (exact) mass is 261 g/mol. The molecule has 0 spiro atoms. The van der Waals surface area contributed by atoms with Crippen LogP contribution in [0.5, 0.6) is 5.75 Å². The molecule has 98 valence electrons. The fraction of sp³-hybridized carbons (Fsp3) is 0.0714. The Morgan fingerprint density at radius 3 is 2.58 bits per heavy atom. The number of para-hydroxylation sites is 1. The van der Waals surface area contributed by atoms with Crippen LogP contribution in [0.2, 0.25) is 0 Å². The summed E-state index contributed by atoms with van der Waals surface area (Å²) in [7, 11) is 0. The lowest BCUT2D eigenvalue weighted by molar-refractivity contribution is 0.155. The molecule has 4 nitrogen and oxygen atoms in total. The van der Waals surface area contributed by atoms with E-state index in [0.29, 0.717) is 0 Å². The molecule has 0 saturated carbocycles. The fourth-order valence-corrected chi connectivity index (χ4v) is 1.50. The Morgan fingerprint density at radius 1 is 1.16 bits per heavy atom. The minimum atomic E-state index is -0.829. The summed E-state index contributed by atoms with van der Waals surface area (Å²) in [6.45, 7) is 0.0713. The summed E-state index contributed by atoms with van der Waals surface area (Å²) < 4.78 is 18.3. The second kappa shape index (κ2) is 5.86. The van der Waals surface area contributed by atoms with Gasteiger partial charge in [-0.05, 0) is 17.7 Å². The Morgan fingerprint density at radius 2 is 1.89 bits per heavy atom. The quantitative estimate of drug-likeness (QED) is 0.833. The fourth-order valence-electron chi connectivity index (χ4n) is 1.50. The SMILES string of the molecule is O=C(Nc1c(O)cccc1F)OCc1ccccc1. The van der Waals surface area contributed by atoms with E-state index in [1.165, 1.54) is 12.1 Å². The number of phenolic OH excluding ortho intramolecular Hbond substituents is 1. The summed E-state index contributed by atoms with van der Waals surface area (Å²) in [6, 6.07) is 12.8. The Labute approximate surface area is 109 Å². The van der Waals surface area contributed by atoms with Crippen LogP contribution in [0, 0.1) is 5.82 Å². The summed E-state index contributed by atoms with van der Waals surface area (Å²) in [5.41, 5.74) is 0.524. The lowest BCUT2D eigenvalue weighted by atomic mass is 10.2. The molecule has 0 unspecified atom stereocenters. The second-order valence-electron chi connectivity index (χ2n) is 3.82. The van der Waals surface area contributed by atoms with E-state index in [4.69, 9.17) is 4.74 Å². The Kier molecular flexibility index (Phi) is 3.97. The van der Waals surface area contributed by atoms with E-state index in [-0.39, 0.29) is 18.0 Å². The molecule has 0 aromatic heterocycles. The first-order valence-electron chi connectivity index (χ1n) is 5.62. The van der Waals surface area contributed by atoms with E-state index in [9.17, 15) is 14.3 Å². The Bertz CT molecular complexity index is 552. The first kappa shape index (κ1) is 12.9. The van der Waals surface area contributed by atoms with E-state index < -0.39 is 11.9 Å². The van der Waals surface area contributed by atoms with Crippen LogP contribution >= 0.6 is 0 Å². The molecule has 0 radical (unpaired) electrons. The number of hydrogen-bond donors (Lipinski definition) is 2. The zero-order chi connectivity index (χ0) is 13.7. The van der Waals surface area contributed by atoms with Crippen LogP contribution in [0.4, 0.5) is 14.9 Å². The number of halogens is 1. The number of ether oxygens (including phenoxy) is 1. The predicted molar refractivity (Wildman–Crippen MR) is 68.3 cm³/mol. The minimum absolute atomic E-state index is 0.0713. The molecule has 2 rings (SSSR count). The number of aromatic hydroxyl groups is 1. The molecule has 5 heteroatoms. The van der Waals surface area contributed by atoms with Crippen LogP contribution in [-0.2, 0) is 11.3 Å². The van der Waals surface area contributed by atoms with E-state index >= 15 is 0 Å². The molecule has 0 aliphatic rings. The number of rotatable bonds is 3. The molecule has 0 bridgehead atoms. The van der Waals surface area contributed by atoms with Crippen LogP contribution < -0.4 is 5.32 Å². The highest BCUT2D eigenvalue weighted by Gasteiger charge is 2.11. The third-order valence-corrected chi connectivity index (χ3v) is 2.43. The van der Waals surface area contributed by atoms with Crippen molar-refractivity contribution in [2.24, 2.45) is 0 Å². The topological polar surface area (TPSA) is 58.6 Å². The summed E-state index contributed by atoms with van der Waals surface area (Å²) in [5, 5.41) is 11.6. The lowest BCUT2D eigenvalue weighted by Gasteiger charge is -2.09. The number of anilines is 1. The van der Waals surface area contributed by atoms with Crippen LogP contribution in [-0.4, -0.2) is 11.2 Å². The van der Waals surface area contributed by atoms with E-state index in [1.54, 1.807) is 12.1 Å². The van der Waals surface area contributed by atoms with Crippen LogP contribution in [0.3, 0.4) is 0 Å². The summed E-state index contributed by atoms with van der Waals surface area (Å²) in [4.78, 5) is 11.5. The molecule has 19 heavy (non-hydrogen) atoms. The molecule has 2 aromatic carbocycles. The van der Waals surface area contributed by atoms with E-state index in [0.717, 1.165) is 11.6 Å². The van der Waals surface area contributed by atoms with Crippen molar-refractivity contribution >= 4 is 11.8 Å². The average molecular weight is 261 g/mol. The highest BCUT2D eigenvalue weighted by atomic mass is 19.1. The van der Waals surface area contributed by atoms with Gasteiger partial charge < -0.3 is 9.84 Å². The van der Waals surface area contributed by atoms with Gasteiger partial charge in [0.1, 0.15) is 18.0 Å². The number of hydrogen-bond acceptors (Lipinski definition) is 3. The molecule has 2 aromatic rings. The molecule has 0 atom stereocenters. The lowest BCUT2D eigenvalue weighted by Crippen LogP contribution is -2.14. The van der Waals surface area contributed by atoms with Gasteiger partial charge in [-0.15, -0.1) is 0 Å². The highest BCUT2D eigenvalue weighted by Crippen LogP contribution is 2.25. The Hall–Kier alpha value is -2.56. The van der Waals surface area contributed by atoms with Gasteiger partial charge in [0.15, 0.2) is 5.82 Å². The van der Waals surface area contributed by atoms with Gasteiger partial charge in [-0.1, -0.05) is 36.4 Å². The maximum absolute atomic E-state index is 13.3. The van der Waals surface area contributed by atoms with Crippen molar-refractivity contribution in [2.45, 2.75) is 6.61 Å². The van der Waals surface area contributed by atoms with Crippen LogP contribution in [0.25, 0.3) is 0 Å². The van der Waals surface area contributed by atoms with Crippen molar-refractivity contribution in [2.75, 3.05) is 5.32 Å². The molecule has 2 N–H and O–H groups in total.